The van der Waals surface area contributed by atoms with Gasteiger partial charge in [0.15, 0.2) is 11.5 Å². The maximum absolute atomic E-state index is 5.98. The van der Waals surface area contributed by atoms with E-state index < -0.39 is 0 Å². The molecule has 0 N–H and O–H groups in total. The van der Waals surface area contributed by atoms with E-state index in [1.54, 1.807) is 0 Å². The molecular formula is C16H16ClNO2. The average molecular weight is 290 g/mol. The topological polar surface area (TPSA) is 31.4 Å². The fraction of sp³-hybridized carbons (Fsp3) is 0.312. The maximum atomic E-state index is 5.98. The number of nitrogens with zero attached hydrogens (tertiary/aromatic N) is 1. The van der Waals surface area contributed by atoms with Gasteiger partial charge in [0.05, 0.1) is 11.6 Å². The van der Waals surface area contributed by atoms with E-state index in [2.05, 4.69) is 24.9 Å². The van der Waals surface area contributed by atoms with Crippen LogP contribution < -0.4 is 9.47 Å². The molecular weight excluding hydrogens is 274 g/mol. The van der Waals surface area contributed by atoms with E-state index in [9.17, 15) is 0 Å². The van der Waals surface area contributed by atoms with Gasteiger partial charge in [0.25, 0.3) is 0 Å². The van der Waals surface area contributed by atoms with E-state index >= 15 is 0 Å². The standard InChI is InChI=1S/C16H16ClNO2/c1-16(2)9-11-5-3-7-13(15(11)20-16)19-14-8-4-6-12(10-17)18-14/h3-8H,9-10H2,1-2H3. The molecule has 3 rings (SSSR count). The van der Waals surface area contributed by atoms with E-state index in [-0.39, 0.29) is 5.60 Å². The van der Waals surface area contributed by atoms with Crippen molar-refractivity contribution in [1.29, 1.82) is 0 Å². The van der Waals surface area contributed by atoms with Crippen molar-refractivity contribution in [1.82, 2.24) is 4.98 Å². The van der Waals surface area contributed by atoms with Crippen molar-refractivity contribution in [2.45, 2.75) is 31.7 Å². The summed E-state index contributed by atoms with van der Waals surface area (Å²) in [6.07, 6.45) is 0.884. The summed E-state index contributed by atoms with van der Waals surface area (Å²) in [5, 5.41) is 0. The highest BCUT2D eigenvalue weighted by Gasteiger charge is 2.32. The summed E-state index contributed by atoms with van der Waals surface area (Å²) in [6.45, 7) is 4.15. The van der Waals surface area contributed by atoms with Crippen molar-refractivity contribution in [3.8, 4) is 17.4 Å². The minimum Gasteiger partial charge on any atom is -0.483 e. The van der Waals surface area contributed by atoms with Gasteiger partial charge in [-0.05, 0) is 26.0 Å². The van der Waals surface area contributed by atoms with Crippen molar-refractivity contribution in [2.24, 2.45) is 0 Å². The molecule has 1 aromatic carbocycles. The summed E-state index contributed by atoms with van der Waals surface area (Å²) in [5.74, 6) is 2.42. The van der Waals surface area contributed by atoms with Crippen LogP contribution >= 0.6 is 11.6 Å². The van der Waals surface area contributed by atoms with Crippen molar-refractivity contribution in [2.75, 3.05) is 0 Å². The van der Waals surface area contributed by atoms with E-state index in [1.807, 2.05) is 30.3 Å². The summed E-state index contributed by atoms with van der Waals surface area (Å²) in [4.78, 5) is 4.34. The third kappa shape index (κ3) is 2.59. The first-order chi connectivity index (χ1) is 9.57. The minimum atomic E-state index is -0.187. The molecule has 0 saturated carbocycles. The number of aromatic nitrogens is 1. The van der Waals surface area contributed by atoms with Crippen molar-refractivity contribution in [3.63, 3.8) is 0 Å². The van der Waals surface area contributed by atoms with Gasteiger partial charge in [-0.1, -0.05) is 18.2 Å². The highest BCUT2D eigenvalue weighted by molar-refractivity contribution is 6.16. The summed E-state index contributed by atoms with van der Waals surface area (Å²) in [7, 11) is 0. The van der Waals surface area contributed by atoms with Gasteiger partial charge in [-0.25, -0.2) is 4.98 Å². The second kappa shape index (κ2) is 4.98. The van der Waals surface area contributed by atoms with Crippen LogP contribution in [0.4, 0.5) is 0 Å². The second-order valence-corrected chi connectivity index (χ2v) is 5.75. The first-order valence-corrected chi connectivity index (χ1v) is 7.11. The van der Waals surface area contributed by atoms with E-state index in [0.717, 1.165) is 17.9 Å². The lowest BCUT2D eigenvalue weighted by Crippen LogP contribution is -2.24. The van der Waals surface area contributed by atoms with Crippen LogP contribution in [0.1, 0.15) is 25.1 Å². The summed E-state index contributed by atoms with van der Waals surface area (Å²) in [5.41, 5.74) is 1.77. The number of hydrogen-bond acceptors (Lipinski definition) is 3. The molecule has 0 amide bonds. The van der Waals surface area contributed by atoms with E-state index in [1.165, 1.54) is 5.56 Å². The molecule has 1 aromatic heterocycles. The number of pyridine rings is 1. The zero-order valence-corrected chi connectivity index (χ0v) is 12.3. The van der Waals surface area contributed by atoms with Crippen molar-refractivity contribution in [3.05, 3.63) is 47.7 Å². The van der Waals surface area contributed by atoms with Crippen LogP contribution in [0.25, 0.3) is 0 Å². The van der Waals surface area contributed by atoms with Gasteiger partial charge in [-0.2, -0.15) is 0 Å². The smallest absolute Gasteiger partial charge is 0.219 e. The third-order valence-electron chi connectivity index (χ3n) is 3.19. The Morgan fingerprint density at radius 3 is 2.85 bits per heavy atom. The number of fused-ring (bicyclic) bond motifs is 1. The van der Waals surface area contributed by atoms with E-state index in [0.29, 0.717) is 17.5 Å². The lowest BCUT2D eigenvalue weighted by Gasteiger charge is -2.18. The van der Waals surface area contributed by atoms with Gasteiger partial charge in [0.1, 0.15) is 5.60 Å². The lowest BCUT2D eigenvalue weighted by molar-refractivity contribution is 0.135. The van der Waals surface area contributed by atoms with Gasteiger partial charge >= 0.3 is 0 Å². The molecule has 1 aliphatic heterocycles. The molecule has 2 heterocycles. The van der Waals surface area contributed by atoms with Gasteiger partial charge in [-0.3, -0.25) is 0 Å². The number of hydrogen-bond donors (Lipinski definition) is 0. The molecule has 0 radical (unpaired) electrons. The van der Waals surface area contributed by atoms with Crippen LogP contribution in [-0.2, 0) is 12.3 Å². The molecule has 104 valence electrons. The highest BCUT2D eigenvalue weighted by atomic mass is 35.5. The van der Waals surface area contributed by atoms with Gasteiger partial charge in [0, 0.05) is 18.1 Å². The molecule has 0 unspecified atom stereocenters. The van der Waals surface area contributed by atoms with Crippen LogP contribution in [0, 0.1) is 0 Å². The maximum Gasteiger partial charge on any atom is 0.219 e. The average Bonchev–Trinajstić information content (AvgIpc) is 2.74. The Hall–Kier alpha value is -1.74. The molecule has 0 fully saturated rings. The quantitative estimate of drug-likeness (QED) is 0.788. The largest absolute Gasteiger partial charge is 0.483 e. The number of halogens is 1. The Bertz CT molecular complexity index is 640. The number of para-hydroxylation sites is 1. The van der Waals surface area contributed by atoms with Gasteiger partial charge in [0.2, 0.25) is 5.88 Å². The number of rotatable bonds is 3. The van der Waals surface area contributed by atoms with Gasteiger partial charge in [-0.15, -0.1) is 11.6 Å². The molecule has 0 saturated heterocycles. The first kappa shape index (κ1) is 13.3. The van der Waals surface area contributed by atoms with Gasteiger partial charge < -0.3 is 9.47 Å². The lowest BCUT2D eigenvalue weighted by atomic mass is 10.0. The fourth-order valence-corrected chi connectivity index (χ4v) is 2.52. The zero-order valence-electron chi connectivity index (χ0n) is 11.5. The fourth-order valence-electron chi connectivity index (χ4n) is 2.37. The van der Waals surface area contributed by atoms with Crippen LogP contribution in [-0.4, -0.2) is 10.6 Å². The predicted molar refractivity (Wildman–Crippen MR) is 78.7 cm³/mol. The van der Waals surface area contributed by atoms with Crippen LogP contribution in [0.2, 0.25) is 0 Å². The SMILES string of the molecule is CC1(C)Cc2cccc(Oc3cccc(CCl)n3)c2O1. The third-order valence-corrected chi connectivity index (χ3v) is 3.46. The molecule has 0 atom stereocenters. The molecule has 2 aromatic rings. The number of benzene rings is 1. The Morgan fingerprint density at radius 1 is 1.25 bits per heavy atom. The molecule has 1 aliphatic rings. The summed E-state index contributed by atoms with van der Waals surface area (Å²) in [6, 6.07) is 11.5. The molecule has 0 bridgehead atoms. The molecule has 0 aliphatic carbocycles. The van der Waals surface area contributed by atoms with Crippen molar-refractivity contribution < 1.29 is 9.47 Å². The van der Waals surface area contributed by atoms with E-state index in [4.69, 9.17) is 21.1 Å². The molecule has 4 heteroatoms. The highest BCUT2D eigenvalue weighted by Crippen LogP contribution is 2.43. The Morgan fingerprint density at radius 2 is 2.05 bits per heavy atom. The predicted octanol–water partition coefficient (Wildman–Crippen LogP) is 4.33. The molecule has 20 heavy (non-hydrogen) atoms. The Labute approximate surface area is 123 Å². The monoisotopic (exact) mass is 289 g/mol. The van der Waals surface area contributed by atoms with Crippen LogP contribution in [0.3, 0.4) is 0 Å². The zero-order chi connectivity index (χ0) is 14.2. The molecule has 0 spiro atoms. The summed E-state index contributed by atoms with van der Waals surface area (Å²) < 4.78 is 11.8. The van der Waals surface area contributed by atoms with Crippen LogP contribution in [0.5, 0.6) is 17.4 Å². The number of ether oxygens (including phenoxy) is 2. The molecule has 3 nitrogen and oxygen atoms in total. The second-order valence-electron chi connectivity index (χ2n) is 5.49. The Kier molecular flexibility index (Phi) is 3.30. The number of alkyl halides is 1. The summed E-state index contributed by atoms with van der Waals surface area (Å²) >= 11 is 5.79. The minimum absolute atomic E-state index is 0.187. The first-order valence-electron chi connectivity index (χ1n) is 6.58. The normalized spacial score (nSPS) is 15.6. The van der Waals surface area contributed by atoms with Crippen LogP contribution in [0.15, 0.2) is 36.4 Å². The van der Waals surface area contributed by atoms with Crippen molar-refractivity contribution >= 4 is 11.6 Å². The Balaban J connectivity index is 1.91.